The molecular formula is C20H22Cl2FNO4S. The van der Waals surface area contributed by atoms with Crippen LogP contribution in [0.25, 0.3) is 0 Å². The quantitative estimate of drug-likeness (QED) is 0.366. The van der Waals surface area contributed by atoms with E-state index in [0.29, 0.717) is 25.0 Å². The Hall–Kier alpha value is -1.67. The number of sulfonamides is 1. The molecule has 2 rings (SSSR count). The van der Waals surface area contributed by atoms with Crippen molar-refractivity contribution < 1.29 is 22.3 Å². The zero-order chi connectivity index (χ0) is 21.4. The van der Waals surface area contributed by atoms with E-state index in [1.165, 1.54) is 46.8 Å². The average Bonchev–Trinajstić information content (AvgIpc) is 2.67. The Bertz CT molecular complexity index is 936. The molecule has 9 heteroatoms. The van der Waals surface area contributed by atoms with E-state index in [1.54, 1.807) is 6.92 Å². The van der Waals surface area contributed by atoms with E-state index < -0.39 is 15.8 Å². The van der Waals surface area contributed by atoms with Gasteiger partial charge in [-0.05, 0) is 55.7 Å². The number of unbranched alkanes of at least 4 members (excludes halogenated alkanes) is 1. The first-order valence-corrected chi connectivity index (χ1v) is 11.3. The van der Waals surface area contributed by atoms with Crippen LogP contribution in [0.1, 0.15) is 31.7 Å². The molecule has 2 aromatic rings. The fourth-order valence-electron chi connectivity index (χ4n) is 2.68. The van der Waals surface area contributed by atoms with Gasteiger partial charge in [0.1, 0.15) is 10.7 Å². The van der Waals surface area contributed by atoms with Gasteiger partial charge in [-0.25, -0.2) is 12.8 Å². The fraction of sp³-hybridized carbons (Fsp3) is 0.350. The van der Waals surface area contributed by atoms with Crippen LogP contribution in [0.3, 0.4) is 0 Å². The maximum atomic E-state index is 13.2. The van der Waals surface area contributed by atoms with E-state index in [4.69, 9.17) is 27.9 Å². The molecule has 0 radical (unpaired) electrons. The van der Waals surface area contributed by atoms with E-state index in [9.17, 15) is 17.6 Å². The summed E-state index contributed by atoms with van der Waals surface area (Å²) in [5.41, 5.74) is 0.624. The Morgan fingerprint density at radius 3 is 2.45 bits per heavy atom. The second kappa shape index (κ2) is 10.9. The summed E-state index contributed by atoms with van der Waals surface area (Å²) >= 11 is 12.1. The first-order valence-electron chi connectivity index (χ1n) is 9.09. The molecule has 0 saturated heterocycles. The Balaban J connectivity index is 2.22. The van der Waals surface area contributed by atoms with Crippen molar-refractivity contribution >= 4 is 39.2 Å². The Kier molecular flexibility index (Phi) is 8.89. The minimum atomic E-state index is -3.97. The molecule has 0 bridgehead atoms. The van der Waals surface area contributed by atoms with Crippen LogP contribution in [0, 0.1) is 5.82 Å². The molecule has 0 spiro atoms. The van der Waals surface area contributed by atoms with Crippen molar-refractivity contribution in [3.63, 3.8) is 0 Å². The van der Waals surface area contributed by atoms with Gasteiger partial charge in [0, 0.05) is 24.5 Å². The first-order chi connectivity index (χ1) is 13.7. The van der Waals surface area contributed by atoms with E-state index in [2.05, 4.69) is 0 Å². The van der Waals surface area contributed by atoms with Crippen LogP contribution in [-0.4, -0.2) is 31.8 Å². The van der Waals surface area contributed by atoms with Crippen LogP contribution < -0.4 is 0 Å². The minimum Gasteiger partial charge on any atom is -0.466 e. The third-order valence-corrected chi connectivity index (χ3v) is 6.69. The molecule has 2 aromatic carbocycles. The average molecular weight is 462 g/mol. The van der Waals surface area contributed by atoms with E-state index in [1.807, 2.05) is 0 Å². The molecule has 0 aliphatic heterocycles. The van der Waals surface area contributed by atoms with Crippen LogP contribution in [0.2, 0.25) is 10.0 Å². The van der Waals surface area contributed by atoms with Gasteiger partial charge >= 0.3 is 5.97 Å². The van der Waals surface area contributed by atoms with Gasteiger partial charge in [-0.2, -0.15) is 4.31 Å². The van der Waals surface area contributed by atoms with Crippen molar-refractivity contribution in [1.29, 1.82) is 0 Å². The molecule has 0 aliphatic rings. The molecule has 0 N–H and O–H groups in total. The summed E-state index contributed by atoms with van der Waals surface area (Å²) in [4.78, 5) is 11.4. The molecule has 0 unspecified atom stereocenters. The second-order valence-electron chi connectivity index (χ2n) is 6.30. The Labute approximate surface area is 180 Å². The highest BCUT2D eigenvalue weighted by molar-refractivity contribution is 7.89. The monoisotopic (exact) mass is 461 g/mol. The van der Waals surface area contributed by atoms with Crippen molar-refractivity contribution in [2.24, 2.45) is 0 Å². The van der Waals surface area contributed by atoms with Gasteiger partial charge in [-0.3, -0.25) is 4.79 Å². The normalized spacial score (nSPS) is 11.6. The number of carbonyl (C=O) groups excluding carboxylic acids is 1. The number of ether oxygens (including phenoxy) is 1. The summed E-state index contributed by atoms with van der Waals surface area (Å²) < 4.78 is 45.8. The van der Waals surface area contributed by atoms with Gasteiger partial charge in [-0.1, -0.05) is 35.3 Å². The van der Waals surface area contributed by atoms with Gasteiger partial charge in [0.2, 0.25) is 10.0 Å². The lowest BCUT2D eigenvalue weighted by molar-refractivity contribution is -0.143. The van der Waals surface area contributed by atoms with Crippen molar-refractivity contribution in [3.8, 4) is 0 Å². The molecule has 0 fully saturated rings. The molecule has 0 heterocycles. The van der Waals surface area contributed by atoms with Crippen LogP contribution in [0.4, 0.5) is 4.39 Å². The van der Waals surface area contributed by atoms with Crippen LogP contribution >= 0.6 is 23.2 Å². The predicted octanol–water partition coefficient (Wildman–Crippen LogP) is 5.06. The topological polar surface area (TPSA) is 63.7 Å². The number of halogens is 3. The third-order valence-electron chi connectivity index (χ3n) is 4.13. The smallest absolute Gasteiger partial charge is 0.305 e. The SMILES string of the molecule is CCOC(=O)CCCCN(Cc1ccc(F)cc1)S(=O)(=O)c1cc(Cl)ccc1Cl. The largest absolute Gasteiger partial charge is 0.466 e. The van der Waals surface area contributed by atoms with Crippen molar-refractivity contribution in [2.45, 2.75) is 37.6 Å². The third kappa shape index (κ3) is 6.96. The Morgan fingerprint density at radius 1 is 1.10 bits per heavy atom. The zero-order valence-corrected chi connectivity index (χ0v) is 18.2. The molecule has 158 valence electrons. The molecule has 0 amide bonds. The van der Waals surface area contributed by atoms with Gasteiger partial charge in [0.05, 0.1) is 11.6 Å². The van der Waals surface area contributed by atoms with Gasteiger partial charge < -0.3 is 4.74 Å². The van der Waals surface area contributed by atoms with Crippen molar-refractivity contribution in [2.75, 3.05) is 13.2 Å². The summed E-state index contributed by atoms with van der Waals surface area (Å²) in [6.07, 6.45) is 1.12. The molecule has 0 saturated carbocycles. The standard InChI is InChI=1S/C20H22Cl2FNO4S/c1-2-28-20(25)5-3-4-12-24(14-15-6-9-17(23)10-7-15)29(26,27)19-13-16(21)8-11-18(19)22/h6-11,13H,2-5,12,14H2,1H3. The maximum absolute atomic E-state index is 13.2. The number of hydrogen-bond donors (Lipinski definition) is 0. The van der Waals surface area contributed by atoms with Crippen LogP contribution in [0.5, 0.6) is 0 Å². The Morgan fingerprint density at radius 2 is 1.79 bits per heavy atom. The lowest BCUT2D eigenvalue weighted by atomic mass is 10.2. The van der Waals surface area contributed by atoms with E-state index >= 15 is 0 Å². The highest BCUT2D eigenvalue weighted by atomic mass is 35.5. The lowest BCUT2D eigenvalue weighted by Gasteiger charge is -2.23. The number of rotatable bonds is 10. The molecular weight excluding hydrogens is 440 g/mol. The number of esters is 1. The van der Waals surface area contributed by atoms with Crippen molar-refractivity contribution in [1.82, 2.24) is 4.31 Å². The highest BCUT2D eigenvalue weighted by Crippen LogP contribution is 2.29. The summed E-state index contributed by atoms with van der Waals surface area (Å²) in [7, 11) is -3.97. The molecule has 0 aliphatic carbocycles. The van der Waals surface area contributed by atoms with E-state index in [0.717, 1.165) is 0 Å². The zero-order valence-electron chi connectivity index (χ0n) is 15.9. The summed E-state index contributed by atoms with van der Waals surface area (Å²) in [5, 5.41) is 0.307. The first kappa shape index (κ1) is 23.6. The van der Waals surface area contributed by atoms with Gasteiger partial charge in [-0.15, -0.1) is 0 Å². The fourth-order valence-corrected chi connectivity index (χ4v) is 4.89. The predicted molar refractivity (Wildman–Crippen MR) is 111 cm³/mol. The lowest BCUT2D eigenvalue weighted by Crippen LogP contribution is -2.32. The number of nitrogens with zero attached hydrogens (tertiary/aromatic N) is 1. The van der Waals surface area contributed by atoms with Crippen LogP contribution in [-0.2, 0) is 26.1 Å². The second-order valence-corrected chi connectivity index (χ2v) is 9.05. The molecule has 5 nitrogen and oxygen atoms in total. The van der Waals surface area contributed by atoms with Gasteiger partial charge in [0.25, 0.3) is 0 Å². The molecule has 29 heavy (non-hydrogen) atoms. The van der Waals surface area contributed by atoms with Crippen LogP contribution in [0.15, 0.2) is 47.4 Å². The maximum Gasteiger partial charge on any atom is 0.305 e. The highest BCUT2D eigenvalue weighted by Gasteiger charge is 2.27. The number of hydrogen-bond acceptors (Lipinski definition) is 4. The van der Waals surface area contributed by atoms with Crippen molar-refractivity contribution in [3.05, 3.63) is 63.9 Å². The van der Waals surface area contributed by atoms with E-state index in [-0.39, 0.29) is 40.4 Å². The number of benzene rings is 2. The summed E-state index contributed by atoms with van der Waals surface area (Å²) in [5.74, 6) is -0.728. The minimum absolute atomic E-state index is 0.0326. The summed E-state index contributed by atoms with van der Waals surface area (Å²) in [6.45, 7) is 2.22. The molecule has 0 aromatic heterocycles. The summed E-state index contributed by atoms with van der Waals surface area (Å²) in [6, 6.07) is 9.82. The number of carbonyl (C=O) groups is 1. The molecule has 0 atom stereocenters. The van der Waals surface area contributed by atoms with Gasteiger partial charge in [0.15, 0.2) is 0 Å².